The van der Waals surface area contributed by atoms with Crippen LogP contribution in [0, 0.1) is 16.7 Å². The van der Waals surface area contributed by atoms with E-state index in [1.165, 1.54) is 6.07 Å². The molecule has 1 rings (SSSR count). The van der Waals surface area contributed by atoms with Crippen molar-refractivity contribution in [3.05, 3.63) is 28.8 Å². The lowest BCUT2D eigenvalue weighted by atomic mass is 9.88. The fourth-order valence-electron chi connectivity index (χ4n) is 1.65. The van der Waals surface area contributed by atoms with Crippen molar-refractivity contribution in [2.45, 2.75) is 32.9 Å². The number of anilines is 1. The summed E-state index contributed by atoms with van der Waals surface area (Å²) in [5, 5.41) is 11.7. The maximum atomic E-state index is 12.6. The highest BCUT2D eigenvalue weighted by Gasteiger charge is 2.31. The molecule has 0 radical (unpaired) electrons. The lowest BCUT2D eigenvalue weighted by Gasteiger charge is -2.25. The van der Waals surface area contributed by atoms with Gasteiger partial charge < -0.3 is 5.32 Å². The maximum absolute atomic E-state index is 12.6. The second kappa shape index (κ2) is 6.36. The summed E-state index contributed by atoms with van der Waals surface area (Å²) in [6.45, 7) is 4.33. The van der Waals surface area contributed by atoms with Crippen LogP contribution in [-0.4, -0.2) is 6.54 Å². The Morgan fingerprint density at radius 1 is 1.30 bits per heavy atom. The highest BCUT2D eigenvalue weighted by molar-refractivity contribution is 6.33. The summed E-state index contributed by atoms with van der Waals surface area (Å²) in [6, 6.07) is 5.25. The minimum atomic E-state index is -4.39. The highest BCUT2D eigenvalue weighted by atomic mass is 35.5. The third kappa shape index (κ3) is 4.93. The van der Waals surface area contributed by atoms with Gasteiger partial charge in [0.2, 0.25) is 0 Å². The van der Waals surface area contributed by atoms with Crippen molar-refractivity contribution in [3.8, 4) is 6.07 Å². The molecule has 1 N–H and O–H groups in total. The van der Waals surface area contributed by atoms with Gasteiger partial charge in [0.25, 0.3) is 0 Å². The third-order valence-corrected chi connectivity index (χ3v) is 3.29. The van der Waals surface area contributed by atoms with Gasteiger partial charge in [0, 0.05) is 13.0 Å². The van der Waals surface area contributed by atoms with Gasteiger partial charge in [-0.2, -0.15) is 18.4 Å². The fraction of sp³-hybridized carbons (Fsp3) is 0.500. The van der Waals surface area contributed by atoms with Crippen molar-refractivity contribution in [2.24, 2.45) is 5.41 Å². The molecule has 0 spiro atoms. The quantitative estimate of drug-likeness (QED) is 0.821. The largest absolute Gasteiger partial charge is 0.416 e. The van der Waals surface area contributed by atoms with Crippen molar-refractivity contribution in [1.29, 1.82) is 5.26 Å². The molecule has 2 nitrogen and oxygen atoms in total. The van der Waals surface area contributed by atoms with Gasteiger partial charge in [0.1, 0.15) is 0 Å². The van der Waals surface area contributed by atoms with Gasteiger partial charge in [-0.3, -0.25) is 0 Å². The normalized spacial score (nSPS) is 12.1. The number of halogens is 4. The zero-order valence-corrected chi connectivity index (χ0v) is 12.1. The lowest BCUT2D eigenvalue weighted by Crippen LogP contribution is -2.23. The zero-order valence-electron chi connectivity index (χ0n) is 11.3. The Labute approximate surface area is 121 Å². The van der Waals surface area contributed by atoms with Crippen LogP contribution in [0.1, 0.15) is 32.3 Å². The van der Waals surface area contributed by atoms with Gasteiger partial charge in [0.15, 0.2) is 0 Å². The first-order valence-electron chi connectivity index (χ1n) is 6.13. The predicted molar refractivity (Wildman–Crippen MR) is 73.6 cm³/mol. The second-order valence-electron chi connectivity index (χ2n) is 5.37. The van der Waals surface area contributed by atoms with E-state index in [-0.39, 0.29) is 16.1 Å². The average Bonchev–Trinajstić information content (AvgIpc) is 2.34. The molecule has 110 valence electrons. The van der Waals surface area contributed by atoms with E-state index in [0.29, 0.717) is 19.4 Å². The van der Waals surface area contributed by atoms with Crippen LogP contribution < -0.4 is 5.32 Å². The fourth-order valence-corrected chi connectivity index (χ4v) is 1.84. The molecule has 0 fully saturated rings. The summed E-state index contributed by atoms with van der Waals surface area (Å²) in [6.07, 6.45) is -3.32. The van der Waals surface area contributed by atoms with Crippen molar-refractivity contribution in [2.75, 3.05) is 11.9 Å². The molecular formula is C14H16ClF3N2. The van der Waals surface area contributed by atoms with Crippen molar-refractivity contribution in [1.82, 2.24) is 0 Å². The number of nitrogens with one attached hydrogen (secondary N) is 1. The summed E-state index contributed by atoms with van der Waals surface area (Å²) in [7, 11) is 0. The zero-order chi connectivity index (χ0) is 15.4. The van der Waals surface area contributed by atoms with Crippen LogP contribution in [0.25, 0.3) is 0 Å². The molecular weight excluding hydrogens is 289 g/mol. The molecule has 0 aliphatic heterocycles. The average molecular weight is 305 g/mol. The van der Waals surface area contributed by atoms with Gasteiger partial charge in [-0.05, 0) is 30.0 Å². The standard InChI is InChI=1S/C14H16ClF3N2/c1-13(2,6-3-7-19)9-20-12-8-10(14(16,17)18)4-5-11(12)15/h4-5,8,20H,3,6,9H2,1-2H3. The van der Waals surface area contributed by atoms with Gasteiger partial charge in [-0.25, -0.2) is 0 Å². The Kier molecular flexibility index (Phi) is 5.29. The summed E-state index contributed by atoms with van der Waals surface area (Å²) in [5.74, 6) is 0. The minimum absolute atomic E-state index is 0.201. The Hall–Kier alpha value is -1.41. The molecule has 0 aliphatic rings. The number of benzene rings is 1. The van der Waals surface area contributed by atoms with Crippen LogP contribution in [0.3, 0.4) is 0 Å². The molecule has 0 aromatic heterocycles. The summed E-state index contributed by atoms with van der Waals surface area (Å²) < 4.78 is 37.9. The monoisotopic (exact) mass is 304 g/mol. The van der Waals surface area contributed by atoms with E-state index < -0.39 is 11.7 Å². The summed E-state index contributed by atoms with van der Waals surface area (Å²) in [5.41, 5.74) is -0.682. The van der Waals surface area contributed by atoms with E-state index in [1.54, 1.807) is 0 Å². The molecule has 0 bridgehead atoms. The van der Waals surface area contributed by atoms with Crippen molar-refractivity contribution >= 4 is 17.3 Å². The Balaban J connectivity index is 2.80. The Bertz CT molecular complexity index is 504. The molecule has 0 aliphatic carbocycles. The molecule has 0 unspecified atom stereocenters. The van der Waals surface area contributed by atoms with Crippen LogP contribution in [0.2, 0.25) is 5.02 Å². The summed E-state index contributed by atoms with van der Waals surface area (Å²) >= 11 is 5.90. The van der Waals surface area contributed by atoms with Crippen molar-refractivity contribution in [3.63, 3.8) is 0 Å². The SMILES string of the molecule is CC(C)(CCC#N)CNc1cc(C(F)(F)F)ccc1Cl. The van der Waals surface area contributed by atoms with Crippen LogP contribution in [0.4, 0.5) is 18.9 Å². The molecule has 20 heavy (non-hydrogen) atoms. The Morgan fingerprint density at radius 2 is 1.95 bits per heavy atom. The maximum Gasteiger partial charge on any atom is 0.416 e. The van der Waals surface area contributed by atoms with E-state index in [4.69, 9.17) is 16.9 Å². The molecule has 0 saturated carbocycles. The predicted octanol–water partition coefficient (Wildman–Crippen LogP) is 5.10. The topological polar surface area (TPSA) is 35.8 Å². The van der Waals surface area contributed by atoms with E-state index in [0.717, 1.165) is 12.1 Å². The molecule has 0 atom stereocenters. The van der Waals surface area contributed by atoms with Crippen molar-refractivity contribution < 1.29 is 13.2 Å². The first-order chi connectivity index (χ1) is 9.15. The molecule has 6 heteroatoms. The van der Waals surface area contributed by atoms with E-state index in [9.17, 15) is 13.2 Å². The van der Waals surface area contributed by atoms with Gasteiger partial charge in [-0.1, -0.05) is 25.4 Å². The first kappa shape index (κ1) is 16.6. The third-order valence-electron chi connectivity index (χ3n) is 2.96. The second-order valence-corrected chi connectivity index (χ2v) is 5.78. The number of nitriles is 1. The lowest BCUT2D eigenvalue weighted by molar-refractivity contribution is -0.137. The minimum Gasteiger partial charge on any atom is -0.383 e. The van der Waals surface area contributed by atoms with Crippen LogP contribution in [-0.2, 0) is 6.18 Å². The number of hydrogen-bond acceptors (Lipinski definition) is 2. The van der Waals surface area contributed by atoms with Gasteiger partial charge in [-0.15, -0.1) is 0 Å². The van der Waals surface area contributed by atoms with Gasteiger partial charge >= 0.3 is 6.18 Å². The van der Waals surface area contributed by atoms with Crippen LogP contribution in [0.5, 0.6) is 0 Å². The highest BCUT2D eigenvalue weighted by Crippen LogP contribution is 2.34. The van der Waals surface area contributed by atoms with Crippen LogP contribution in [0.15, 0.2) is 18.2 Å². The Morgan fingerprint density at radius 3 is 2.50 bits per heavy atom. The first-order valence-corrected chi connectivity index (χ1v) is 6.51. The van der Waals surface area contributed by atoms with E-state index in [2.05, 4.69) is 11.4 Å². The molecule has 1 aromatic carbocycles. The molecule has 0 saturated heterocycles. The number of alkyl halides is 3. The molecule has 1 aromatic rings. The molecule has 0 heterocycles. The van der Waals surface area contributed by atoms with E-state index >= 15 is 0 Å². The smallest absolute Gasteiger partial charge is 0.383 e. The van der Waals surface area contributed by atoms with E-state index in [1.807, 2.05) is 13.8 Å². The van der Waals surface area contributed by atoms with Crippen LogP contribution >= 0.6 is 11.6 Å². The number of nitrogens with zero attached hydrogens (tertiary/aromatic N) is 1. The molecule has 0 amide bonds. The summed E-state index contributed by atoms with van der Waals surface area (Å²) in [4.78, 5) is 0. The van der Waals surface area contributed by atoms with Gasteiger partial charge in [0.05, 0.1) is 22.3 Å². The number of hydrogen-bond donors (Lipinski definition) is 1. The number of rotatable bonds is 5.